The molecule has 3 heterocycles. The molecule has 4 rings (SSSR count). The monoisotopic (exact) mass is 217 g/mol. The van der Waals surface area contributed by atoms with Gasteiger partial charge in [-0.25, -0.2) is 0 Å². The van der Waals surface area contributed by atoms with E-state index in [4.69, 9.17) is 0 Å². The molecule has 1 unspecified atom stereocenters. The Kier molecular flexibility index (Phi) is 2.22. The van der Waals surface area contributed by atoms with Crippen molar-refractivity contribution in [2.75, 3.05) is 13.1 Å². The SMILES string of the molecule is CC1C[Si]2(c3ccccc3)CCN1CC2. The molecule has 3 saturated heterocycles. The molecule has 3 aliphatic heterocycles. The molecule has 1 atom stereocenters. The van der Waals surface area contributed by atoms with Gasteiger partial charge in [-0.05, 0) is 38.1 Å². The number of hydrogen-bond acceptors (Lipinski definition) is 1. The summed E-state index contributed by atoms with van der Waals surface area (Å²) in [5.74, 6) is 0. The maximum Gasteiger partial charge on any atom is 0.0907 e. The first kappa shape index (κ1) is 9.61. The maximum atomic E-state index is 2.68. The van der Waals surface area contributed by atoms with Crippen LogP contribution in [-0.2, 0) is 0 Å². The van der Waals surface area contributed by atoms with Crippen LogP contribution in [0.4, 0.5) is 0 Å². The van der Waals surface area contributed by atoms with Crippen LogP contribution in [0.1, 0.15) is 6.92 Å². The van der Waals surface area contributed by atoms with Crippen LogP contribution < -0.4 is 5.19 Å². The standard InChI is InChI=1S/C13H19NSi/c1-12-11-15(9-7-14(12)8-10-15)13-5-3-2-4-6-13/h2-6,12H,7-11H2,1H3. The Morgan fingerprint density at radius 3 is 2.40 bits per heavy atom. The summed E-state index contributed by atoms with van der Waals surface area (Å²) >= 11 is 0. The van der Waals surface area contributed by atoms with Crippen molar-refractivity contribution in [3.63, 3.8) is 0 Å². The second-order valence-corrected chi connectivity index (χ2v) is 9.78. The zero-order chi connectivity index (χ0) is 10.3. The fourth-order valence-electron chi connectivity index (χ4n) is 3.49. The van der Waals surface area contributed by atoms with E-state index in [1.807, 2.05) is 0 Å². The van der Waals surface area contributed by atoms with Gasteiger partial charge >= 0.3 is 0 Å². The van der Waals surface area contributed by atoms with Gasteiger partial charge in [0, 0.05) is 6.04 Å². The predicted octanol–water partition coefficient (Wildman–Crippen LogP) is 2.06. The van der Waals surface area contributed by atoms with Crippen molar-refractivity contribution in [2.45, 2.75) is 31.1 Å². The minimum Gasteiger partial charge on any atom is -0.301 e. The van der Waals surface area contributed by atoms with E-state index in [0.717, 1.165) is 6.04 Å². The van der Waals surface area contributed by atoms with Crippen molar-refractivity contribution >= 4 is 13.3 Å². The average Bonchev–Trinajstić information content (AvgIpc) is 2.31. The van der Waals surface area contributed by atoms with E-state index < -0.39 is 8.07 Å². The summed E-state index contributed by atoms with van der Waals surface area (Å²) in [6.07, 6.45) is 0. The topological polar surface area (TPSA) is 3.24 Å². The van der Waals surface area contributed by atoms with E-state index in [2.05, 4.69) is 42.2 Å². The minimum atomic E-state index is -1.07. The highest BCUT2D eigenvalue weighted by atomic mass is 28.3. The Balaban J connectivity index is 1.96. The van der Waals surface area contributed by atoms with E-state index in [1.54, 1.807) is 5.19 Å². The van der Waals surface area contributed by atoms with Crippen molar-refractivity contribution in [1.82, 2.24) is 4.90 Å². The highest BCUT2D eigenvalue weighted by Gasteiger charge is 2.45. The van der Waals surface area contributed by atoms with Gasteiger partial charge in [0.2, 0.25) is 0 Å². The quantitative estimate of drug-likeness (QED) is 0.651. The van der Waals surface area contributed by atoms with Gasteiger partial charge in [-0.1, -0.05) is 35.5 Å². The maximum absolute atomic E-state index is 2.68. The van der Waals surface area contributed by atoms with Gasteiger partial charge in [-0.2, -0.15) is 0 Å². The van der Waals surface area contributed by atoms with E-state index in [0.29, 0.717) is 0 Å². The minimum absolute atomic E-state index is 0.847. The molecule has 0 amide bonds. The van der Waals surface area contributed by atoms with Crippen LogP contribution in [0.5, 0.6) is 0 Å². The average molecular weight is 217 g/mol. The second-order valence-electron chi connectivity index (χ2n) is 5.24. The van der Waals surface area contributed by atoms with Crippen molar-refractivity contribution in [3.8, 4) is 0 Å². The molecular weight excluding hydrogens is 198 g/mol. The van der Waals surface area contributed by atoms with Gasteiger partial charge in [-0.15, -0.1) is 0 Å². The van der Waals surface area contributed by atoms with Crippen LogP contribution in [0.15, 0.2) is 30.3 Å². The summed E-state index contributed by atoms with van der Waals surface area (Å²) in [6, 6.07) is 16.7. The summed E-state index contributed by atoms with van der Waals surface area (Å²) in [6.45, 7) is 5.15. The summed E-state index contributed by atoms with van der Waals surface area (Å²) in [5.41, 5.74) is 0. The molecule has 1 nitrogen and oxygen atoms in total. The fraction of sp³-hybridized carbons (Fsp3) is 0.538. The zero-order valence-electron chi connectivity index (χ0n) is 9.45. The molecule has 0 aromatic heterocycles. The third-order valence-corrected chi connectivity index (χ3v) is 9.74. The van der Waals surface area contributed by atoms with Crippen LogP contribution in [0.25, 0.3) is 0 Å². The van der Waals surface area contributed by atoms with Crippen molar-refractivity contribution in [1.29, 1.82) is 0 Å². The largest absolute Gasteiger partial charge is 0.301 e. The molecule has 1 aromatic rings. The van der Waals surface area contributed by atoms with Gasteiger partial charge in [-0.3, -0.25) is 0 Å². The van der Waals surface area contributed by atoms with E-state index >= 15 is 0 Å². The Bertz CT molecular complexity index is 341. The smallest absolute Gasteiger partial charge is 0.0907 e. The zero-order valence-corrected chi connectivity index (χ0v) is 10.4. The molecule has 0 aliphatic carbocycles. The lowest BCUT2D eigenvalue weighted by molar-refractivity contribution is 0.211. The number of fused-ring (bicyclic) bond motifs is 3. The normalized spacial score (nSPS) is 39.3. The molecule has 0 saturated carbocycles. The first-order valence-corrected chi connectivity index (χ1v) is 8.72. The van der Waals surface area contributed by atoms with Crippen molar-refractivity contribution in [2.24, 2.45) is 0 Å². The molecular formula is C13H19NSi. The van der Waals surface area contributed by atoms with Crippen molar-refractivity contribution in [3.05, 3.63) is 30.3 Å². The van der Waals surface area contributed by atoms with Gasteiger partial charge < -0.3 is 4.90 Å². The molecule has 2 bridgehead atoms. The van der Waals surface area contributed by atoms with Crippen LogP contribution in [0.3, 0.4) is 0 Å². The third-order valence-electron chi connectivity index (χ3n) is 4.45. The van der Waals surface area contributed by atoms with Gasteiger partial charge in [0.15, 0.2) is 0 Å². The third kappa shape index (κ3) is 1.47. The Hall–Kier alpha value is -0.603. The van der Waals surface area contributed by atoms with Crippen LogP contribution >= 0.6 is 0 Å². The molecule has 0 spiro atoms. The van der Waals surface area contributed by atoms with Crippen LogP contribution in [0, 0.1) is 0 Å². The molecule has 15 heavy (non-hydrogen) atoms. The summed E-state index contributed by atoms with van der Waals surface area (Å²) in [7, 11) is -1.07. The summed E-state index contributed by atoms with van der Waals surface area (Å²) < 4.78 is 0. The lowest BCUT2D eigenvalue weighted by Gasteiger charge is -2.51. The first-order valence-electron chi connectivity index (χ1n) is 6.10. The number of benzene rings is 1. The highest BCUT2D eigenvalue weighted by Crippen LogP contribution is 2.35. The number of rotatable bonds is 1. The Morgan fingerprint density at radius 1 is 1.13 bits per heavy atom. The molecule has 1 aromatic carbocycles. The van der Waals surface area contributed by atoms with Gasteiger partial charge in [0.05, 0.1) is 8.07 Å². The molecule has 80 valence electrons. The first-order chi connectivity index (χ1) is 7.30. The lowest BCUT2D eigenvalue weighted by atomic mass is 10.3. The fourth-order valence-corrected chi connectivity index (χ4v) is 8.68. The Labute approximate surface area is 93.1 Å². The predicted molar refractivity (Wildman–Crippen MR) is 67.3 cm³/mol. The number of hydrogen-bond donors (Lipinski definition) is 0. The van der Waals surface area contributed by atoms with Gasteiger partial charge in [0.1, 0.15) is 0 Å². The van der Waals surface area contributed by atoms with Gasteiger partial charge in [0.25, 0.3) is 0 Å². The molecule has 3 fully saturated rings. The molecule has 2 heteroatoms. The molecule has 0 radical (unpaired) electrons. The lowest BCUT2D eigenvalue weighted by Crippen LogP contribution is -2.64. The van der Waals surface area contributed by atoms with E-state index in [1.165, 1.54) is 31.2 Å². The second kappa shape index (κ2) is 3.46. The van der Waals surface area contributed by atoms with E-state index in [-0.39, 0.29) is 0 Å². The van der Waals surface area contributed by atoms with E-state index in [9.17, 15) is 0 Å². The Morgan fingerprint density at radius 2 is 1.80 bits per heavy atom. The summed E-state index contributed by atoms with van der Waals surface area (Å²) in [4.78, 5) is 2.68. The molecule has 3 aliphatic rings. The van der Waals surface area contributed by atoms with Crippen LogP contribution in [-0.4, -0.2) is 32.1 Å². The van der Waals surface area contributed by atoms with Crippen LogP contribution in [0.2, 0.25) is 18.1 Å². The summed E-state index contributed by atoms with van der Waals surface area (Å²) in [5, 5.41) is 1.72. The van der Waals surface area contributed by atoms with Crippen molar-refractivity contribution < 1.29 is 0 Å². The number of nitrogens with zero attached hydrogens (tertiary/aromatic N) is 1. The molecule has 0 N–H and O–H groups in total. The highest BCUT2D eigenvalue weighted by molar-refractivity contribution is 6.92.